The molecule has 31 heavy (non-hydrogen) atoms. The Morgan fingerprint density at radius 2 is 1.55 bits per heavy atom. The highest BCUT2D eigenvalue weighted by Crippen LogP contribution is 2.20. The molecule has 0 aliphatic carbocycles. The molecule has 1 N–H and O–H groups in total. The van der Waals surface area contributed by atoms with Crippen molar-refractivity contribution in [2.24, 2.45) is 0 Å². The molecular formula is C26H26ClN3O. The minimum Gasteiger partial charge on any atom is -0.369 e. The van der Waals surface area contributed by atoms with E-state index in [1.165, 1.54) is 17.3 Å². The van der Waals surface area contributed by atoms with Crippen LogP contribution >= 0.6 is 11.6 Å². The van der Waals surface area contributed by atoms with Gasteiger partial charge in [0.1, 0.15) is 0 Å². The number of nitrogens with one attached hydrogen (secondary N) is 1. The van der Waals surface area contributed by atoms with E-state index < -0.39 is 0 Å². The van der Waals surface area contributed by atoms with Crippen molar-refractivity contribution in [3.05, 3.63) is 101 Å². The maximum absolute atomic E-state index is 12.2. The fourth-order valence-electron chi connectivity index (χ4n) is 3.69. The van der Waals surface area contributed by atoms with Gasteiger partial charge in [0.05, 0.1) is 0 Å². The Morgan fingerprint density at radius 1 is 0.871 bits per heavy atom. The number of nitrogens with zero attached hydrogens (tertiary/aromatic N) is 2. The van der Waals surface area contributed by atoms with E-state index in [0.29, 0.717) is 5.02 Å². The van der Waals surface area contributed by atoms with E-state index in [-0.39, 0.29) is 5.91 Å². The van der Waals surface area contributed by atoms with Crippen molar-refractivity contribution < 1.29 is 4.79 Å². The Morgan fingerprint density at radius 3 is 2.23 bits per heavy atom. The second-order valence-electron chi connectivity index (χ2n) is 7.67. The third-order valence-corrected chi connectivity index (χ3v) is 5.67. The second kappa shape index (κ2) is 10.3. The number of hydrogen-bond donors (Lipinski definition) is 1. The molecule has 4 nitrogen and oxygen atoms in total. The first kappa shape index (κ1) is 21.2. The molecule has 1 aliphatic rings. The van der Waals surface area contributed by atoms with E-state index >= 15 is 0 Å². The molecule has 0 saturated carbocycles. The fourth-order valence-corrected chi connectivity index (χ4v) is 3.82. The van der Waals surface area contributed by atoms with Crippen molar-refractivity contribution in [2.45, 2.75) is 6.54 Å². The first-order valence-electron chi connectivity index (χ1n) is 10.5. The zero-order valence-corrected chi connectivity index (χ0v) is 18.1. The highest BCUT2D eigenvalue weighted by atomic mass is 35.5. The van der Waals surface area contributed by atoms with Crippen LogP contribution in [0.15, 0.2) is 84.9 Å². The Hall–Kier alpha value is -3.08. The average Bonchev–Trinajstić information content (AvgIpc) is 2.80. The molecule has 1 aliphatic heterocycles. The summed E-state index contributed by atoms with van der Waals surface area (Å²) in [6.07, 6.45) is 3.30. The summed E-state index contributed by atoms with van der Waals surface area (Å²) in [5.41, 5.74) is 4.27. The molecule has 158 valence electrons. The molecule has 0 aromatic heterocycles. The molecule has 1 saturated heterocycles. The lowest BCUT2D eigenvalue weighted by Crippen LogP contribution is -2.45. The maximum Gasteiger partial charge on any atom is 0.248 e. The van der Waals surface area contributed by atoms with Crippen LogP contribution < -0.4 is 10.2 Å². The van der Waals surface area contributed by atoms with Gasteiger partial charge in [-0.3, -0.25) is 9.69 Å². The number of anilines is 2. The molecule has 0 bridgehead atoms. The van der Waals surface area contributed by atoms with Gasteiger partial charge in [-0.15, -0.1) is 0 Å². The molecule has 5 heteroatoms. The fraction of sp³-hybridized carbons (Fsp3) is 0.192. The van der Waals surface area contributed by atoms with Crippen molar-refractivity contribution in [1.82, 2.24) is 4.90 Å². The molecule has 1 fully saturated rings. The number of rotatable bonds is 6. The Labute approximate surface area is 188 Å². The van der Waals surface area contributed by atoms with Crippen LogP contribution in [-0.4, -0.2) is 37.0 Å². The SMILES string of the molecule is O=C(C=Cc1ccc(Cl)cc1)Nc1ccc(N2CCN(Cc3ccccc3)CC2)cc1. The van der Waals surface area contributed by atoms with E-state index in [1.807, 2.05) is 24.3 Å². The molecule has 3 aromatic carbocycles. The van der Waals surface area contributed by atoms with Crippen LogP contribution in [-0.2, 0) is 11.3 Å². The van der Waals surface area contributed by atoms with E-state index in [4.69, 9.17) is 11.6 Å². The highest BCUT2D eigenvalue weighted by molar-refractivity contribution is 6.30. The summed E-state index contributed by atoms with van der Waals surface area (Å²) in [6, 6.07) is 26.0. The van der Waals surface area contributed by atoms with E-state index in [0.717, 1.165) is 44.0 Å². The van der Waals surface area contributed by atoms with Crippen molar-refractivity contribution in [3.8, 4) is 0 Å². The van der Waals surface area contributed by atoms with Crippen LogP contribution in [0.25, 0.3) is 6.08 Å². The largest absolute Gasteiger partial charge is 0.369 e. The summed E-state index contributed by atoms with van der Waals surface area (Å²) < 4.78 is 0. The minimum absolute atomic E-state index is 0.155. The quantitative estimate of drug-likeness (QED) is 0.537. The summed E-state index contributed by atoms with van der Waals surface area (Å²) in [6.45, 7) is 5.10. The predicted octanol–water partition coefficient (Wildman–Crippen LogP) is 5.31. The second-order valence-corrected chi connectivity index (χ2v) is 8.11. The first-order valence-corrected chi connectivity index (χ1v) is 10.9. The third kappa shape index (κ3) is 6.20. The number of piperazine rings is 1. The van der Waals surface area contributed by atoms with Crippen molar-refractivity contribution >= 4 is 35.0 Å². The van der Waals surface area contributed by atoms with Gasteiger partial charge < -0.3 is 10.2 Å². The van der Waals surface area contributed by atoms with Gasteiger partial charge in [0.15, 0.2) is 0 Å². The highest BCUT2D eigenvalue weighted by Gasteiger charge is 2.17. The number of carbonyl (C=O) groups excluding carboxylic acids is 1. The number of hydrogen-bond acceptors (Lipinski definition) is 3. The molecule has 4 rings (SSSR count). The minimum atomic E-state index is -0.155. The van der Waals surface area contributed by atoms with Crippen LogP contribution in [0.3, 0.4) is 0 Å². The van der Waals surface area contributed by atoms with Gasteiger partial charge in [0.2, 0.25) is 5.91 Å². The maximum atomic E-state index is 12.2. The molecular weight excluding hydrogens is 406 g/mol. The van der Waals surface area contributed by atoms with Gasteiger partial charge in [-0.25, -0.2) is 0 Å². The number of carbonyl (C=O) groups is 1. The molecule has 1 heterocycles. The lowest BCUT2D eigenvalue weighted by Gasteiger charge is -2.36. The van der Waals surface area contributed by atoms with E-state index in [9.17, 15) is 4.79 Å². The van der Waals surface area contributed by atoms with Gasteiger partial charge in [-0.05, 0) is 53.6 Å². The predicted molar refractivity (Wildman–Crippen MR) is 129 cm³/mol. The number of halogens is 1. The van der Waals surface area contributed by atoms with Crippen LogP contribution in [0.5, 0.6) is 0 Å². The molecule has 0 atom stereocenters. The monoisotopic (exact) mass is 431 g/mol. The molecule has 1 amide bonds. The molecule has 0 spiro atoms. The average molecular weight is 432 g/mol. The normalized spacial score (nSPS) is 14.7. The lowest BCUT2D eigenvalue weighted by atomic mass is 10.2. The van der Waals surface area contributed by atoms with Gasteiger partial charge in [-0.1, -0.05) is 54.1 Å². The first-order chi connectivity index (χ1) is 15.2. The summed E-state index contributed by atoms with van der Waals surface area (Å²) in [4.78, 5) is 17.1. The number of amides is 1. The third-order valence-electron chi connectivity index (χ3n) is 5.42. The molecule has 0 unspecified atom stereocenters. The molecule has 3 aromatic rings. The van der Waals surface area contributed by atoms with E-state index in [2.05, 4.69) is 57.6 Å². The lowest BCUT2D eigenvalue weighted by molar-refractivity contribution is -0.111. The topological polar surface area (TPSA) is 35.6 Å². The number of benzene rings is 3. The van der Waals surface area contributed by atoms with Gasteiger partial charge in [-0.2, -0.15) is 0 Å². The Kier molecular flexibility index (Phi) is 7.03. The van der Waals surface area contributed by atoms with Gasteiger partial charge in [0.25, 0.3) is 0 Å². The van der Waals surface area contributed by atoms with Gasteiger partial charge in [0, 0.05) is 55.2 Å². The van der Waals surface area contributed by atoms with Crippen molar-refractivity contribution in [3.63, 3.8) is 0 Å². The van der Waals surface area contributed by atoms with Crippen molar-refractivity contribution in [2.75, 3.05) is 36.4 Å². The van der Waals surface area contributed by atoms with Crippen LogP contribution in [0.4, 0.5) is 11.4 Å². The van der Waals surface area contributed by atoms with Crippen molar-refractivity contribution in [1.29, 1.82) is 0 Å². The molecule has 0 radical (unpaired) electrons. The smallest absolute Gasteiger partial charge is 0.248 e. The summed E-state index contributed by atoms with van der Waals surface area (Å²) >= 11 is 5.88. The summed E-state index contributed by atoms with van der Waals surface area (Å²) in [7, 11) is 0. The van der Waals surface area contributed by atoms with Crippen LogP contribution in [0.2, 0.25) is 5.02 Å². The van der Waals surface area contributed by atoms with Gasteiger partial charge >= 0.3 is 0 Å². The Bertz CT molecular complexity index is 1010. The van der Waals surface area contributed by atoms with Crippen LogP contribution in [0, 0.1) is 0 Å². The van der Waals surface area contributed by atoms with E-state index in [1.54, 1.807) is 18.2 Å². The zero-order chi connectivity index (χ0) is 21.5. The summed E-state index contributed by atoms with van der Waals surface area (Å²) in [5, 5.41) is 3.59. The van der Waals surface area contributed by atoms with Crippen LogP contribution in [0.1, 0.15) is 11.1 Å². The zero-order valence-electron chi connectivity index (χ0n) is 17.4. The Balaban J connectivity index is 1.26. The standard InChI is InChI=1S/C26H26ClN3O/c27-23-9-6-21(7-10-23)8-15-26(31)28-24-11-13-25(14-12-24)30-18-16-29(17-19-30)20-22-4-2-1-3-5-22/h1-15H,16-20H2,(H,28,31). The summed E-state index contributed by atoms with van der Waals surface area (Å²) in [5.74, 6) is -0.155.